The summed E-state index contributed by atoms with van der Waals surface area (Å²) in [5.74, 6) is -1.80. The summed E-state index contributed by atoms with van der Waals surface area (Å²) < 4.78 is 65.7. The van der Waals surface area contributed by atoms with E-state index in [2.05, 4.69) is 4.74 Å². The molecule has 188 valence electrons. The van der Waals surface area contributed by atoms with Crippen molar-refractivity contribution in [1.82, 2.24) is 9.47 Å². The predicted molar refractivity (Wildman–Crippen MR) is 128 cm³/mol. The van der Waals surface area contributed by atoms with E-state index in [0.29, 0.717) is 40.7 Å². The van der Waals surface area contributed by atoms with Crippen molar-refractivity contribution in [3.8, 4) is 22.6 Å². The molecule has 0 aliphatic carbocycles. The molecular formula is C27H24F4N2O3. The topological polar surface area (TPSA) is 43.7 Å². The van der Waals surface area contributed by atoms with Crippen molar-refractivity contribution in [3.05, 3.63) is 84.1 Å². The Bertz CT molecular complexity index is 1380. The number of carbonyl (C=O) groups is 1. The summed E-state index contributed by atoms with van der Waals surface area (Å²) in [4.78, 5) is 14.2. The molecular weight excluding hydrogens is 476 g/mol. The molecule has 0 aliphatic heterocycles. The molecule has 0 radical (unpaired) electrons. The maximum Gasteiger partial charge on any atom is 0.415 e. The third kappa shape index (κ3) is 5.15. The highest BCUT2D eigenvalue weighted by molar-refractivity contribution is 5.99. The highest BCUT2D eigenvalue weighted by Gasteiger charge is 2.20. The number of nitrogens with zero attached hydrogens (tertiary/aromatic N) is 2. The van der Waals surface area contributed by atoms with Gasteiger partial charge in [-0.1, -0.05) is 24.3 Å². The largest absolute Gasteiger partial charge is 0.434 e. The lowest BCUT2D eigenvalue weighted by Crippen LogP contribution is -2.33. The maximum absolute atomic E-state index is 14.2. The highest BCUT2D eigenvalue weighted by Crippen LogP contribution is 2.39. The van der Waals surface area contributed by atoms with Gasteiger partial charge in [0.05, 0.1) is 6.54 Å². The summed E-state index contributed by atoms with van der Waals surface area (Å²) in [6.07, 6.45) is 1.17. The van der Waals surface area contributed by atoms with E-state index in [9.17, 15) is 22.4 Å². The van der Waals surface area contributed by atoms with Crippen LogP contribution in [-0.2, 0) is 6.54 Å². The van der Waals surface area contributed by atoms with Crippen molar-refractivity contribution < 1.29 is 31.8 Å². The monoisotopic (exact) mass is 500 g/mol. The van der Waals surface area contributed by atoms with Crippen molar-refractivity contribution >= 4 is 17.0 Å². The van der Waals surface area contributed by atoms with Crippen LogP contribution in [0.3, 0.4) is 0 Å². The molecule has 4 rings (SSSR count). The number of rotatable bonds is 8. The molecule has 0 saturated heterocycles. The fourth-order valence-corrected chi connectivity index (χ4v) is 4.09. The summed E-state index contributed by atoms with van der Waals surface area (Å²) in [6, 6.07) is 15.0. The fourth-order valence-electron chi connectivity index (χ4n) is 4.09. The van der Waals surface area contributed by atoms with Crippen molar-refractivity contribution in [2.24, 2.45) is 0 Å². The number of fused-ring (bicyclic) bond motifs is 1. The van der Waals surface area contributed by atoms with Crippen molar-refractivity contribution in [3.63, 3.8) is 0 Å². The number of amides is 1. The van der Waals surface area contributed by atoms with Gasteiger partial charge >= 0.3 is 12.7 Å². The van der Waals surface area contributed by atoms with E-state index in [1.165, 1.54) is 17.0 Å². The second kappa shape index (κ2) is 10.7. The van der Waals surface area contributed by atoms with Crippen LogP contribution in [0.1, 0.15) is 19.4 Å². The van der Waals surface area contributed by atoms with Crippen LogP contribution in [0.15, 0.2) is 66.9 Å². The van der Waals surface area contributed by atoms with Crippen LogP contribution in [0.5, 0.6) is 11.5 Å². The highest BCUT2D eigenvalue weighted by atomic mass is 19.3. The minimum Gasteiger partial charge on any atom is -0.434 e. The summed E-state index contributed by atoms with van der Waals surface area (Å²) >= 11 is 0. The second-order valence-corrected chi connectivity index (χ2v) is 7.97. The molecule has 36 heavy (non-hydrogen) atoms. The molecule has 5 nitrogen and oxygen atoms in total. The minimum absolute atomic E-state index is 0.0555. The average Bonchev–Trinajstić information content (AvgIpc) is 3.25. The van der Waals surface area contributed by atoms with Crippen LogP contribution in [0.4, 0.5) is 22.4 Å². The molecule has 1 aromatic heterocycles. The van der Waals surface area contributed by atoms with E-state index in [4.69, 9.17) is 4.74 Å². The molecule has 4 aromatic rings. The van der Waals surface area contributed by atoms with Crippen LogP contribution in [0.25, 0.3) is 22.0 Å². The lowest BCUT2D eigenvalue weighted by atomic mass is 10.00. The van der Waals surface area contributed by atoms with E-state index in [0.717, 1.165) is 12.1 Å². The van der Waals surface area contributed by atoms with Gasteiger partial charge in [-0.05, 0) is 55.8 Å². The molecule has 0 N–H and O–H groups in total. The van der Waals surface area contributed by atoms with Gasteiger partial charge in [0.1, 0.15) is 11.5 Å². The Kier molecular flexibility index (Phi) is 7.47. The van der Waals surface area contributed by atoms with Crippen LogP contribution in [0, 0.1) is 11.6 Å². The Morgan fingerprint density at radius 2 is 1.69 bits per heavy atom. The maximum atomic E-state index is 14.2. The molecule has 0 atom stereocenters. The number of aromatic nitrogens is 1. The van der Waals surface area contributed by atoms with Gasteiger partial charge < -0.3 is 18.9 Å². The van der Waals surface area contributed by atoms with Crippen molar-refractivity contribution in [1.29, 1.82) is 0 Å². The van der Waals surface area contributed by atoms with E-state index >= 15 is 0 Å². The van der Waals surface area contributed by atoms with Crippen LogP contribution >= 0.6 is 0 Å². The number of alkyl halides is 2. The first kappa shape index (κ1) is 25.1. The summed E-state index contributed by atoms with van der Waals surface area (Å²) in [5.41, 5.74) is 1.93. The number of halogens is 4. The molecule has 0 aliphatic rings. The summed E-state index contributed by atoms with van der Waals surface area (Å²) in [6.45, 7) is 1.76. The quantitative estimate of drug-likeness (QED) is 0.243. The first-order chi connectivity index (χ1) is 17.3. The number of para-hydroxylation sites is 1. The van der Waals surface area contributed by atoms with Gasteiger partial charge in [-0.15, -0.1) is 0 Å². The molecule has 0 spiro atoms. The summed E-state index contributed by atoms with van der Waals surface area (Å²) in [5, 5.41) is 0.609. The molecule has 9 heteroatoms. The number of benzene rings is 3. The van der Waals surface area contributed by atoms with Crippen LogP contribution in [-0.4, -0.2) is 35.3 Å². The summed E-state index contributed by atoms with van der Waals surface area (Å²) in [7, 11) is 0. The lowest BCUT2D eigenvalue weighted by molar-refractivity contribution is -0.0504. The first-order valence-electron chi connectivity index (χ1n) is 11.4. The van der Waals surface area contributed by atoms with Gasteiger partial charge in [-0.3, -0.25) is 0 Å². The Hall–Kier alpha value is -4.01. The van der Waals surface area contributed by atoms with Crippen molar-refractivity contribution in [2.45, 2.75) is 27.0 Å². The number of carbonyl (C=O) groups excluding carboxylic acids is 1. The Morgan fingerprint density at radius 1 is 0.944 bits per heavy atom. The van der Waals surface area contributed by atoms with E-state index in [1.807, 2.05) is 18.4 Å². The number of ether oxygens (including phenoxy) is 2. The second-order valence-electron chi connectivity index (χ2n) is 7.97. The molecule has 0 bridgehead atoms. The first-order valence-corrected chi connectivity index (χ1v) is 11.4. The van der Waals surface area contributed by atoms with Crippen molar-refractivity contribution in [2.75, 3.05) is 13.1 Å². The molecule has 1 heterocycles. The Balaban J connectivity index is 1.82. The van der Waals surface area contributed by atoms with Gasteiger partial charge in [0.15, 0.2) is 11.6 Å². The molecule has 0 fully saturated rings. The lowest BCUT2D eigenvalue weighted by Gasteiger charge is -2.20. The number of hydrogen-bond acceptors (Lipinski definition) is 3. The minimum atomic E-state index is -2.96. The third-order valence-electron chi connectivity index (χ3n) is 5.87. The zero-order chi connectivity index (χ0) is 25.8. The fraction of sp³-hybridized carbons (Fsp3) is 0.222. The van der Waals surface area contributed by atoms with Gasteiger partial charge in [-0.2, -0.15) is 8.78 Å². The van der Waals surface area contributed by atoms with Gasteiger partial charge in [0.25, 0.3) is 0 Å². The SMILES string of the molecule is CCN(CC)C(=O)Oc1ccc2c(ccn2Cc2ccccc2OC(F)F)c1-c1ccc(F)c(F)c1. The standard InChI is InChI=1S/C27H24F4N2O3/c1-3-32(4-2)27(34)36-24-12-11-22-19(25(24)17-9-10-20(28)21(29)15-17)13-14-33(22)16-18-7-5-6-8-23(18)35-26(30)31/h5-15,26H,3-4,16H2,1-2H3. The molecule has 0 saturated carbocycles. The predicted octanol–water partition coefficient (Wildman–Crippen LogP) is 7.08. The number of hydrogen-bond donors (Lipinski definition) is 0. The van der Waals surface area contributed by atoms with E-state index in [-0.39, 0.29) is 18.0 Å². The zero-order valence-electron chi connectivity index (χ0n) is 19.7. The average molecular weight is 500 g/mol. The molecule has 0 unspecified atom stereocenters. The van der Waals surface area contributed by atoms with Gasteiger partial charge in [0.2, 0.25) is 0 Å². The smallest absolute Gasteiger partial charge is 0.415 e. The van der Waals surface area contributed by atoms with Crippen LogP contribution < -0.4 is 9.47 Å². The van der Waals surface area contributed by atoms with Gasteiger partial charge in [-0.25, -0.2) is 13.6 Å². The normalized spacial score (nSPS) is 11.2. The third-order valence-corrected chi connectivity index (χ3v) is 5.87. The van der Waals surface area contributed by atoms with Gasteiger partial charge in [0, 0.05) is 41.3 Å². The Morgan fingerprint density at radius 3 is 2.39 bits per heavy atom. The molecule has 3 aromatic carbocycles. The van der Waals surface area contributed by atoms with E-state index < -0.39 is 24.3 Å². The molecule has 1 amide bonds. The van der Waals surface area contributed by atoms with E-state index in [1.54, 1.807) is 42.6 Å². The zero-order valence-corrected chi connectivity index (χ0v) is 19.7. The van der Waals surface area contributed by atoms with Crippen LogP contribution in [0.2, 0.25) is 0 Å². The Labute approximate surface area is 205 Å².